The average Bonchev–Trinajstić information content (AvgIpc) is 2.83. The number of nitrogens with one attached hydrogen (secondary N) is 1. The topological polar surface area (TPSA) is 79.1 Å². The Kier molecular flexibility index (Phi) is 1.98. The molecule has 0 aliphatic carbocycles. The fourth-order valence-electron chi connectivity index (χ4n) is 1.74. The van der Waals surface area contributed by atoms with Gasteiger partial charge in [0.05, 0.1) is 5.39 Å². The van der Waals surface area contributed by atoms with Crippen LogP contribution in [-0.2, 0) is 0 Å². The average molecular weight is 228 g/mol. The molecule has 5 heteroatoms. The van der Waals surface area contributed by atoms with Crippen molar-refractivity contribution in [1.82, 2.24) is 9.97 Å². The molecule has 2 aromatic heterocycles. The number of imidazole rings is 1. The number of hydrogen-bond acceptors (Lipinski definition) is 4. The molecule has 2 N–H and O–H groups in total. The number of aromatic amines is 1. The zero-order valence-electron chi connectivity index (χ0n) is 8.68. The van der Waals surface area contributed by atoms with E-state index in [0.717, 1.165) is 0 Å². The van der Waals surface area contributed by atoms with Crippen molar-refractivity contribution in [3.63, 3.8) is 0 Å². The molecule has 0 bridgehead atoms. The molecule has 0 radical (unpaired) electrons. The van der Waals surface area contributed by atoms with Crippen LogP contribution in [0.1, 0.15) is 0 Å². The molecule has 17 heavy (non-hydrogen) atoms. The molecule has 0 aliphatic rings. The van der Waals surface area contributed by atoms with Gasteiger partial charge in [0.25, 0.3) is 0 Å². The number of para-hydroxylation sites is 1. The summed E-state index contributed by atoms with van der Waals surface area (Å²) in [6.45, 7) is 0. The lowest BCUT2D eigenvalue weighted by molar-refractivity contribution is 0.470. The van der Waals surface area contributed by atoms with Crippen LogP contribution in [0.3, 0.4) is 0 Å². The predicted molar refractivity (Wildman–Crippen MR) is 61.7 cm³/mol. The van der Waals surface area contributed by atoms with Gasteiger partial charge in [0.15, 0.2) is 0 Å². The van der Waals surface area contributed by atoms with Gasteiger partial charge < -0.3 is 14.5 Å². The van der Waals surface area contributed by atoms with Crippen molar-refractivity contribution < 1.29 is 9.52 Å². The summed E-state index contributed by atoms with van der Waals surface area (Å²) in [6.07, 6.45) is 3.08. The Hall–Kier alpha value is -2.56. The van der Waals surface area contributed by atoms with Gasteiger partial charge in [-0.15, -0.1) is 0 Å². The highest BCUT2D eigenvalue weighted by molar-refractivity contribution is 5.88. The first-order chi connectivity index (χ1) is 8.27. The van der Waals surface area contributed by atoms with Crippen molar-refractivity contribution in [1.29, 1.82) is 0 Å². The Morgan fingerprint density at radius 2 is 2.12 bits per heavy atom. The van der Waals surface area contributed by atoms with E-state index in [9.17, 15) is 9.90 Å². The third-order valence-corrected chi connectivity index (χ3v) is 2.52. The lowest BCUT2D eigenvalue weighted by Crippen LogP contribution is -2.04. The van der Waals surface area contributed by atoms with Crippen LogP contribution in [-0.4, -0.2) is 15.1 Å². The highest BCUT2D eigenvalue weighted by atomic mass is 16.4. The standard InChI is InChI=1S/C12H8N2O3/c15-10-7-3-1-2-4-8(7)17-12(16)9(10)11-13-5-6-14-11/h1-6,15H,(H,13,14). The van der Waals surface area contributed by atoms with E-state index in [-0.39, 0.29) is 11.3 Å². The van der Waals surface area contributed by atoms with Gasteiger partial charge in [0.1, 0.15) is 22.7 Å². The van der Waals surface area contributed by atoms with Crippen molar-refractivity contribution in [2.24, 2.45) is 0 Å². The quantitative estimate of drug-likeness (QED) is 0.623. The van der Waals surface area contributed by atoms with E-state index in [1.165, 1.54) is 6.20 Å². The van der Waals surface area contributed by atoms with E-state index in [1.807, 2.05) is 0 Å². The van der Waals surface area contributed by atoms with E-state index in [4.69, 9.17) is 4.42 Å². The zero-order valence-corrected chi connectivity index (χ0v) is 8.68. The smallest absolute Gasteiger partial charge is 0.351 e. The Morgan fingerprint density at radius 3 is 2.88 bits per heavy atom. The molecule has 0 saturated carbocycles. The van der Waals surface area contributed by atoms with Crippen LogP contribution in [0, 0.1) is 0 Å². The van der Waals surface area contributed by atoms with Gasteiger partial charge in [0, 0.05) is 12.4 Å². The molecular formula is C12H8N2O3. The van der Waals surface area contributed by atoms with Gasteiger partial charge in [-0.3, -0.25) is 0 Å². The number of benzene rings is 1. The fraction of sp³-hybridized carbons (Fsp3) is 0. The summed E-state index contributed by atoms with van der Waals surface area (Å²) in [5, 5.41) is 10.6. The SMILES string of the molecule is O=c1oc2ccccc2c(O)c1-c1ncc[nH]1. The van der Waals surface area contributed by atoms with Crippen molar-refractivity contribution >= 4 is 11.0 Å². The molecule has 0 saturated heterocycles. The normalized spacial score (nSPS) is 10.8. The molecule has 84 valence electrons. The number of H-pyrrole nitrogens is 1. The Bertz CT molecular complexity index is 729. The van der Waals surface area contributed by atoms with Crippen molar-refractivity contribution in [2.75, 3.05) is 0 Å². The lowest BCUT2D eigenvalue weighted by Gasteiger charge is -2.03. The van der Waals surface area contributed by atoms with E-state index in [2.05, 4.69) is 9.97 Å². The highest BCUT2D eigenvalue weighted by Crippen LogP contribution is 2.30. The molecule has 1 aromatic carbocycles. The fourth-order valence-corrected chi connectivity index (χ4v) is 1.74. The van der Waals surface area contributed by atoms with Crippen molar-refractivity contribution in [3.8, 4) is 17.1 Å². The molecule has 3 aromatic rings. The summed E-state index contributed by atoms with van der Waals surface area (Å²) < 4.78 is 5.12. The van der Waals surface area contributed by atoms with Gasteiger partial charge in [-0.1, -0.05) is 12.1 Å². The Labute approximate surface area is 95.4 Å². The summed E-state index contributed by atoms with van der Waals surface area (Å²) in [4.78, 5) is 18.5. The van der Waals surface area contributed by atoms with Gasteiger partial charge in [-0.25, -0.2) is 9.78 Å². The minimum atomic E-state index is -0.615. The lowest BCUT2D eigenvalue weighted by atomic mass is 10.1. The van der Waals surface area contributed by atoms with Crippen molar-refractivity contribution in [3.05, 3.63) is 47.1 Å². The van der Waals surface area contributed by atoms with E-state index in [1.54, 1.807) is 30.5 Å². The molecule has 0 aliphatic heterocycles. The van der Waals surface area contributed by atoms with Gasteiger partial charge in [-0.05, 0) is 12.1 Å². The van der Waals surface area contributed by atoms with Crippen LogP contribution in [0.5, 0.6) is 5.75 Å². The number of nitrogens with zero attached hydrogens (tertiary/aromatic N) is 1. The molecule has 2 heterocycles. The van der Waals surface area contributed by atoms with E-state index in [0.29, 0.717) is 16.8 Å². The second-order valence-corrected chi connectivity index (χ2v) is 3.55. The van der Waals surface area contributed by atoms with E-state index >= 15 is 0 Å². The zero-order chi connectivity index (χ0) is 11.8. The summed E-state index contributed by atoms with van der Waals surface area (Å²) in [7, 11) is 0. The minimum Gasteiger partial charge on any atom is -0.506 e. The monoisotopic (exact) mass is 228 g/mol. The summed E-state index contributed by atoms with van der Waals surface area (Å²) >= 11 is 0. The number of aromatic nitrogens is 2. The largest absolute Gasteiger partial charge is 0.506 e. The van der Waals surface area contributed by atoms with Crippen molar-refractivity contribution in [2.45, 2.75) is 0 Å². The number of aromatic hydroxyl groups is 1. The first-order valence-electron chi connectivity index (χ1n) is 5.02. The summed E-state index contributed by atoms with van der Waals surface area (Å²) in [5.41, 5.74) is -0.213. The third kappa shape index (κ3) is 1.40. The van der Waals surface area contributed by atoms with Gasteiger partial charge in [0.2, 0.25) is 0 Å². The van der Waals surface area contributed by atoms with Gasteiger partial charge >= 0.3 is 5.63 Å². The maximum atomic E-state index is 11.8. The summed E-state index contributed by atoms with van der Waals surface area (Å²) in [5.74, 6) is 0.175. The van der Waals surface area contributed by atoms with Crippen LogP contribution >= 0.6 is 0 Å². The predicted octanol–water partition coefficient (Wildman–Crippen LogP) is 1.89. The maximum absolute atomic E-state index is 11.8. The highest BCUT2D eigenvalue weighted by Gasteiger charge is 2.16. The van der Waals surface area contributed by atoms with Crippen LogP contribution < -0.4 is 5.63 Å². The second kappa shape index (κ2) is 3.48. The number of hydrogen-bond donors (Lipinski definition) is 2. The first-order valence-corrected chi connectivity index (χ1v) is 5.02. The Balaban J connectivity index is 2.44. The van der Waals surface area contributed by atoms with Crippen LogP contribution in [0.25, 0.3) is 22.4 Å². The summed E-state index contributed by atoms with van der Waals surface area (Å²) in [6, 6.07) is 6.80. The van der Waals surface area contributed by atoms with Gasteiger partial charge in [-0.2, -0.15) is 0 Å². The molecule has 3 rings (SSSR count). The molecular weight excluding hydrogens is 220 g/mol. The maximum Gasteiger partial charge on any atom is 0.351 e. The second-order valence-electron chi connectivity index (χ2n) is 3.55. The van der Waals surface area contributed by atoms with Crippen LogP contribution in [0.4, 0.5) is 0 Å². The molecule has 0 amide bonds. The first kappa shape index (κ1) is 9.65. The van der Waals surface area contributed by atoms with Crippen LogP contribution in [0.2, 0.25) is 0 Å². The minimum absolute atomic E-state index is 0.0497. The third-order valence-electron chi connectivity index (χ3n) is 2.52. The molecule has 0 spiro atoms. The molecule has 0 fully saturated rings. The molecule has 0 atom stereocenters. The number of fused-ring (bicyclic) bond motifs is 1. The molecule has 0 unspecified atom stereocenters. The van der Waals surface area contributed by atoms with E-state index < -0.39 is 5.63 Å². The molecule has 5 nitrogen and oxygen atoms in total. The van der Waals surface area contributed by atoms with Crippen LogP contribution in [0.15, 0.2) is 45.9 Å². The Morgan fingerprint density at radius 1 is 1.29 bits per heavy atom. The number of rotatable bonds is 1.